The van der Waals surface area contributed by atoms with Crippen LogP contribution in [-0.4, -0.2) is 38.0 Å². The first-order valence-corrected chi connectivity index (χ1v) is 14.2. The lowest BCUT2D eigenvalue weighted by molar-refractivity contribution is 0.0184. The van der Waals surface area contributed by atoms with Crippen LogP contribution in [0.1, 0.15) is 53.6 Å². The number of nitrogens with one attached hydrogen (secondary N) is 2. The number of benzene rings is 3. The molecular weight excluding hydrogens is 486 g/mol. The molecule has 3 aromatic carbocycles. The number of amides is 1. The second-order valence-electron chi connectivity index (χ2n) is 9.86. The minimum Gasteiger partial charge on any atom is -0.496 e. The maximum absolute atomic E-state index is 13.7. The van der Waals surface area contributed by atoms with Gasteiger partial charge in [-0.2, -0.15) is 0 Å². The number of hydrogen-bond acceptors (Lipinski definition) is 5. The molecule has 2 fully saturated rings. The van der Waals surface area contributed by atoms with Crippen molar-refractivity contribution < 1.29 is 17.9 Å². The minimum atomic E-state index is -3.83. The van der Waals surface area contributed by atoms with E-state index in [4.69, 9.17) is 4.74 Å². The zero-order chi connectivity index (χ0) is 25.9. The van der Waals surface area contributed by atoms with E-state index in [0.717, 1.165) is 44.2 Å². The second-order valence-corrected chi connectivity index (χ2v) is 11.6. The van der Waals surface area contributed by atoms with Crippen LogP contribution in [0, 0.1) is 0 Å². The number of carbonyl (C=O) groups excluding carboxylic acids is 1. The summed E-state index contributed by atoms with van der Waals surface area (Å²) in [7, 11) is -2.35. The number of fused-ring (bicyclic) bond motifs is 2. The highest BCUT2D eigenvalue weighted by atomic mass is 32.2. The van der Waals surface area contributed by atoms with Crippen molar-refractivity contribution in [3.05, 3.63) is 95.6 Å². The van der Waals surface area contributed by atoms with Crippen molar-refractivity contribution in [2.75, 3.05) is 7.11 Å². The van der Waals surface area contributed by atoms with Crippen LogP contribution in [0.3, 0.4) is 0 Å². The van der Waals surface area contributed by atoms with Crippen LogP contribution in [0.4, 0.5) is 0 Å². The van der Waals surface area contributed by atoms with Gasteiger partial charge in [0.15, 0.2) is 0 Å². The van der Waals surface area contributed by atoms with E-state index in [1.54, 1.807) is 6.07 Å². The van der Waals surface area contributed by atoms with Crippen LogP contribution < -0.4 is 14.8 Å². The van der Waals surface area contributed by atoms with Crippen LogP contribution in [0.25, 0.3) is 0 Å². The van der Waals surface area contributed by atoms with Gasteiger partial charge in [-0.3, -0.25) is 9.69 Å². The molecule has 2 aliphatic rings. The Morgan fingerprint density at radius 1 is 0.973 bits per heavy atom. The predicted octanol–water partition coefficient (Wildman–Crippen LogP) is 4.45. The van der Waals surface area contributed by atoms with Crippen molar-refractivity contribution in [1.29, 1.82) is 0 Å². The van der Waals surface area contributed by atoms with Gasteiger partial charge in [0.1, 0.15) is 5.75 Å². The number of carbonyl (C=O) groups is 1. The lowest BCUT2D eigenvalue weighted by atomic mass is 9.95. The Morgan fingerprint density at radius 3 is 2.38 bits per heavy atom. The third-order valence-corrected chi connectivity index (χ3v) is 8.99. The van der Waals surface area contributed by atoms with Gasteiger partial charge in [-0.05, 0) is 61.4 Å². The summed E-state index contributed by atoms with van der Waals surface area (Å²) < 4.78 is 34.2. The van der Waals surface area contributed by atoms with Gasteiger partial charge in [-0.25, -0.2) is 13.1 Å². The number of sulfonamides is 1. The van der Waals surface area contributed by atoms with Crippen LogP contribution in [0.2, 0.25) is 0 Å². The fraction of sp³-hybridized carbons (Fsp3) is 0.345. The standard InChI is InChI=1S/C29H33N3O4S/c1-36-27-15-14-25(37(34,35)30-20-22-9-4-2-5-10-22)19-26(27)28(33)31-29-17-8-13-24(16-18-29)32(29)21-23-11-6-3-7-12-23/h2-7,9-12,14-15,19,24,30H,8,13,16-18,20-21H2,1H3,(H,31,33). The number of hydrogen-bond donors (Lipinski definition) is 2. The molecule has 0 aromatic heterocycles. The number of rotatable bonds is 9. The summed E-state index contributed by atoms with van der Waals surface area (Å²) >= 11 is 0. The predicted molar refractivity (Wildman–Crippen MR) is 143 cm³/mol. The molecule has 2 N–H and O–H groups in total. The molecule has 0 radical (unpaired) electrons. The van der Waals surface area contributed by atoms with E-state index in [9.17, 15) is 13.2 Å². The van der Waals surface area contributed by atoms with E-state index in [0.29, 0.717) is 11.8 Å². The molecule has 0 aliphatic carbocycles. The molecule has 194 valence electrons. The normalized spacial score (nSPS) is 21.5. The lowest BCUT2D eigenvalue weighted by Crippen LogP contribution is -2.60. The van der Waals surface area contributed by atoms with Crippen LogP contribution >= 0.6 is 0 Å². The van der Waals surface area contributed by atoms with Crippen LogP contribution in [-0.2, 0) is 23.1 Å². The smallest absolute Gasteiger partial charge is 0.256 e. The molecule has 0 saturated carbocycles. The Balaban J connectivity index is 1.38. The largest absolute Gasteiger partial charge is 0.496 e. The van der Waals surface area contributed by atoms with Crippen molar-refractivity contribution in [2.24, 2.45) is 0 Å². The Kier molecular flexibility index (Phi) is 7.33. The highest BCUT2D eigenvalue weighted by Crippen LogP contribution is 2.43. The lowest BCUT2D eigenvalue weighted by Gasteiger charge is -2.45. The average Bonchev–Trinajstić information content (AvgIpc) is 3.10. The summed E-state index contributed by atoms with van der Waals surface area (Å²) in [6.07, 6.45) is 4.93. The van der Waals surface area contributed by atoms with Gasteiger partial charge < -0.3 is 10.1 Å². The first-order valence-electron chi connectivity index (χ1n) is 12.7. The van der Waals surface area contributed by atoms with Gasteiger partial charge in [-0.1, -0.05) is 60.7 Å². The maximum atomic E-state index is 13.7. The molecule has 2 atom stereocenters. The summed E-state index contributed by atoms with van der Waals surface area (Å²) in [5.41, 5.74) is 1.82. The zero-order valence-electron chi connectivity index (χ0n) is 21.0. The van der Waals surface area contributed by atoms with E-state index < -0.39 is 15.7 Å². The number of ether oxygens (including phenoxy) is 1. The Morgan fingerprint density at radius 2 is 1.68 bits per heavy atom. The molecule has 1 amide bonds. The molecule has 2 saturated heterocycles. The zero-order valence-corrected chi connectivity index (χ0v) is 21.8. The molecular formula is C29H33N3O4S. The van der Waals surface area contributed by atoms with E-state index in [1.165, 1.54) is 24.8 Å². The third-order valence-electron chi connectivity index (χ3n) is 7.59. The molecule has 2 heterocycles. The molecule has 2 aliphatic heterocycles. The molecule has 2 bridgehead atoms. The molecule has 2 unspecified atom stereocenters. The fourth-order valence-electron chi connectivity index (χ4n) is 5.68. The van der Waals surface area contributed by atoms with Crippen LogP contribution in [0.15, 0.2) is 83.8 Å². The third kappa shape index (κ3) is 5.42. The highest BCUT2D eigenvalue weighted by molar-refractivity contribution is 7.89. The van der Waals surface area contributed by atoms with E-state index in [-0.39, 0.29) is 22.9 Å². The van der Waals surface area contributed by atoms with Crippen molar-refractivity contribution in [2.45, 2.75) is 61.8 Å². The van der Waals surface area contributed by atoms with Gasteiger partial charge >= 0.3 is 0 Å². The molecule has 3 aromatic rings. The average molecular weight is 520 g/mol. The summed E-state index contributed by atoms with van der Waals surface area (Å²) in [6.45, 7) is 0.927. The van der Waals surface area contributed by atoms with Gasteiger partial charge in [0.05, 0.1) is 23.2 Å². The quantitative estimate of drug-likeness (QED) is 0.436. The van der Waals surface area contributed by atoms with Crippen molar-refractivity contribution in [3.8, 4) is 5.75 Å². The summed E-state index contributed by atoms with van der Waals surface area (Å²) in [5.74, 6) is 0.0217. The number of methoxy groups -OCH3 is 1. The highest BCUT2D eigenvalue weighted by Gasteiger charge is 2.49. The minimum absolute atomic E-state index is 0.0287. The van der Waals surface area contributed by atoms with E-state index in [2.05, 4.69) is 27.1 Å². The van der Waals surface area contributed by atoms with Gasteiger partial charge in [0.2, 0.25) is 10.0 Å². The van der Waals surface area contributed by atoms with Crippen molar-refractivity contribution in [3.63, 3.8) is 0 Å². The van der Waals surface area contributed by atoms with Gasteiger partial charge in [0.25, 0.3) is 5.91 Å². The first kappa shape index (κ1) is 25.4. The fourth-order valence-corrected chi connectivity index (χ4v) is 6.72. The Hall–Kier alpha value is -3.20. The molecule has 0 spiro atoms. The monoisotopic (exact) mass is 519 g/mol. The SMILES string of the molecule is COc1ccc(S(=O)(=O)NCc2ccccc2)cc1C(=O)NC12CCCC(CC1)N2Cc1ccccc1. The second kappa shape index (κ2) is 10.7. The molecule has 7 nitrogen and oxygen atoms in total. The van der Waals surface area contributed by atoms with Gasteiger partial charge in [-0.15, -0.1) is 0 Å². The van der Waals surface area contributed by atoms with E-state index >= 15 is 0 Å². The van der Waals surface area contributed by atoms with Gasteiger partial charge in [0, 0.05) is 19.1 Å². The topological polar surface area (TPSA) is 87.7 Å². The Labute approximate surface area is 218 Å². The molecule has 8 heteroatoms. The van der Waals surface area contributed by atoms with Crippen molar-refractivity contribution in [1.82, 2.24) is 14.9 Å². The van der Waals surface area contributed by atoms with Crippen LogP contribution in [0.5, 0.6) is 5.75 Å². The molecule has 37 heavy (non-hydrogen) atoms. The summed E-state index contributed by atoms with van der Waals surface area (Å²) in [5, 5.41) is 3.31. The van der Waals surface area contributed by atoms with Crippen molar-refractivity contribution >= 4 is 15.9 Å². The molecule has 5 rings (SSSR count). The maximum Gasteiger partial charge on any atom is 0.256 e. The number of piperidine rings is 1. The number of nitrogens with zero attached hydrogens (tertiary/aromatic N) is 1. The summed E-state index contributed by atoms with van der Waals surface area (Å²) in [6, 6.07) is 24.5. The summed E-state index contributed by atoms with van der Waals surface area (Å²) in [4.78, 5) is 16.2. The Bertz CT molecular complexity index is 1340. The first-order chi connectivity index (χ1) is 17.9. The van der Waals surface area contributed by atoms with E-state index in [1.807, 2.05) is 48.5 Å².